The van der Waals surface area contributed by atoms with Crippen molar-refractivity contribution in [1.82, 2.24) is 14.8 Å². The highest BCUT2D eigenvalue weighted by Crippen LogP contribution is 2.37. The molecule has 0 spiro atoms. The maximum absolute atomic E-state index is 13.2. The summed E-state index contributed by atoms with van der Waals surface area (Å²) >= 11 is 0. The molecule has 2 saturated heterocycles. The number of halogens is 3. The van der Waals surface area contributed by atoms with E-state index in [0.29, 0.717) is 25.9 Å². The van der Waals surface area contributed by atoms with Crippen molar-refractivity contribution in [1.29, 1.82) is 0 Å². The predicted molar refractivity (Wildman–Crippen MR) is 140 cm³/mol. The van der Waals surface area contributed by atoms with E-state index >= 15 is 0 Å². The van der Waals surface area contributed by atoms with Gasteiger partial charge in [0.25, 0.3) is 5.69 Å². The molecule has 0 saturated carbocycles. The normalized spacial score (nSPS) is 18.3. The molecule has 4 rings (SSSR count). The summed E-state index contributed by atoms with van der Waals surface area (Å²) in [7, 11) is 0. The first-order chi connectivity index (χ1) is 17.6. The third-order valence-corrected chi connectivity index (χ3v) is 6.91. The molecule has 1 atom stereocenters. The first kappa shape index (κ1) is 29.2. The van der Waals surface area contributed by atoms with E-state index < -0.39 is 22.4 Å². The smallest absolute Gasteiger partial charge is 0.380 e. The Labute approximate surface area is 220 Å². The summed E-state index contributed by atoms with van der Waals surface area (Å²) in [5.74, 6) is 0.0355. The second kappa shape index (κ2) is 12.4. The van der Waals surface area contributed by atoms with Gasteiger partial charge in [0, 0.05) is 69.2 Å². The number of amides is 1. The molecule has 2 aliphatic heterocycles. The summed E-state index contributed by atoms with van der Waals surface area (Å²) in [6, 6.07) is 6.78. The van der Waals surface area contributed by atoms with Crippen molar-refractivity contribution < 1.29 is 22.9 Å². The van der Waals surface area contributed by atoms with E-state index in [9.17, 15) is 28.1 Å². The number of nitro benzene ring substituents is 1. The summed E-state index contributed by atoms with van der Waals surface area (Å²) < 4.78 is 39.7. The predicted octanol–water partition coefficient (Wildman–Crippen LogP) is 4.57. The van der Waals surface area contributed by atoms with E-state index in [1.165, 1.54) is 6.07 Å². The van der Waals surface area contributed by atoms with Crippen LogP contribution >= 0.6 is 0 Å². The van der Waals surface area contributed by atoms with E-state index in [1.807, 2.05) is 19.2 Å². The number of piperazine rings is 1. The van der Waals surface area contributed by atoms with E-state index in [2.05, 4.69) is 26.2 Å². The third kappa shape index (κ3) is 7.33. The summed E-state index contributed by atoms with van der Waals surface area (Å²) in [4.78, 5) is 33.4. The Hall–Kier alpha value is -3.41. The first-order valence-electron chi connectivity index (χ1n) is 12.4. The van der Waals surface area contributed by atoms with Gasteiger partial charge in [-0.2, -0.15) is 13.2 Å². The Bertz CT molecular complexity index is 1100. The summed E-state index contributed by atoms with van der Waals surface area (Å²) in [6.07, 6.45) is -1.16. The average Bonchev–Trinajstić information content (AvgIpc) is 3.33. The van der Waals surface area contributed by atoms with Gasteiger partial charge in [-0.25, -0.2) is 0 Å². The standard InChI is InChI=1S/C25H31F3N6O3.CH4/c1-18-4-6-21(16-29-18)32-13-11-31(12-14-32)9-2-3-24(35)33-10-8-20(17-33)30-19-5-7-23(34(36)37)22(15-19)25(26,27)28;/h4-7,15-16,20,30H,2-3,8-14,17H2,1H3;1H4/t20-;/m0./s1. The van der Waals surface area contributed by atoms with Crippen molar-refractivity contribution in [3.05, 3.63) is 57.9 Å². The molecule has 2 fully saturated rings. The van der Waals surface area contributed by atoms with E-state index in [-0.39, 0.29) is 25.1 Å². The zero-order chi connectivity index (χ0) is 26.6. The molecule has 0 bridgehead atoms. The van der Waals surface area contributed by atoms with Crippen LogP contribution in [0.4, 0.5) is 30.2 Å². The van der Waals surface area contributed by atoms with Crippen LogP contribution in [0.2, 0.25) is 0 Å². The molecule has 208 valence electrons. The fourth-order valence-electron chi connectivity index (χ4n) is 4.84. The number of hydrogen-bond acceptors (Lipinski definition) is 7. The topological polar surface area (TPSA) is 94.8 Å². The Morgan fingerprint density at radius 3 is 2.53 bits per heavy atom. The van der Waals surface area contributed by atoms with Gasteiger partial charge in [-0.3, -0.25) is 24.8 Å². The lowest BCUT2D eigenvalue weighted by Crippen LogP contribution is -2.46. The molecule has 0 radical (unpaired) electrons. The Morgan fingerprint density at radius 2 is 1.89 bits per heavy atom. The minimum atomic E-state index is -4.83. The van der Waals surface area contributed by atoms with E-state index in [0.717, 1.165) is 62.7 Å². The number of hydrogen-bond donors (Lipinski definition) is 1. The van der Waals surface area contributed by atoms with Gasteiger partial charge >= 0.3 is 6.18 Å². The number of nitrogens with one attached hydrogen (secondary N) is 1. The van der Waals surface area contributed by atoms with Crippen LogP contribution in [-0.4, -0.2) is 77.5 Å². The van der Waals surface area contributed by atoms with Crippen molar-refractivity contribution in [3.63, 3.8) is 0 Å². The summed E-state index contributed by atoms with van der Waals surface area (Å²) in [6.45, 7) is 7.39. The maximum atomic E-state index is 13.2. The second-order valence-corrected chi connectivity index (χ2v) is 9.55. The molecule has 2 aromatic rings. The van der Waals surface area contributed by atoms with Crippen LogP contribution in [0.3, 0.4) is 0 Å². The van der Waals surface area contributed by atoms with E-state index in [4.69, 9.17) is 0 Å². The van der Waals surface area contributed by atoms with Gasteiger partial charge in [0.15, 0.2) is 0 Å². The van der Waals surface area contributed by atoms with Crippen LogP contribution in [0.15, 0.2) is 36.5 Å². The Balaban J connectivity index is 0.00000400. The van der Waals surface area contributed by atoms with Crippen LogP contribution in [0.25, 0.3) is 0 Å². The lowest BCUT2D eigenvalue weighted by atomic mass is 10.1. The second-order valence-electron chi connectivity index (χ2n) is 9.55. The molecule has 38 heavy (non-hydrogen) atoms. The summed E-state index contributed by atoms with van der Waals surface area (Å²) in [5, 5.41) is 13.9. The van der Waals surface area contributed by atoms with Crippen molar-refractivity contribution >= 4 is 23.0 Å². The summed E-state index contributed by atoms with van der Waals surface area (Å²) in [5.41, 5.74) is 0.00695. The number of nitro groups is 1. The number of aryl methyl sites for hydroxylation is 1. The minimum Gasteiger partial charge on any atom is -0.380 e. The number of rotatable bonds is 8. The maximum Gasteiger partial charge on any atom is 0.423 e. The van der Waals surface area contributed by atoms with Crippen LogP contribution in [-0.2, 0) is 11.0 Å². The number of benzene rings is 1. The number of alkyl halides is 3. The van der Waals surface area contributed by atoms with Crippen LogP contribution in [0.1, 0.15) is 37.9 Å². The minimum absolute atomic E-state index is 0. The fraction of sp³-hybridized carbons (Fsp3) is 0.538. The highest BCUT2D eigenvalue weighted by Gasteiger charge is 2.38. The number of anilines is 2. The molecule has 3 heterocycles. The van der Waals surface area contributed by atoms with E-state index in [1.54, 1.807) is 4.90 Å². The lowest BCUT2D eigenvalue weighted by molar-refractivity contribution is -0.388. The van der Waals surface area contributed by atoms with Gasteiger partial charge < -0.3 is 15.1 Å². The van der Waals surface area contributed by atoms with Crippen molar-refractivity contribution in [3.8, 4) is 0 Å². The fourth-order valence-corrected chi connectivity index (χ4v) is 4.84. The first-order valence-corrected chi connectivity index (χ1v) is 12.4. The number of carbonyl (C=O) groups is 1. The molecule has 1 N–H and O–H groups in total. The monoisotopic (exact) mass is 536 g/mol. The highest BCUT2D eigenvalue weighted by atomic mass is 19.4. The quantitative estimate of drug-likeness (QED) is 0.390. The number of carbonyl (C=O) groups excluding carboxylic acids is 1. The largest absolute Gasteiger partial charge is 0.423 e. The molecule has 1 aromatic carbocycles. The van der Waals surface area contributed by atoms with Crippen molar-refractivity contribution in [2.75, 3.05) is 56.0 Å². The van der Waals surface area contributed by atoms with Crippen LogP contribution in [0, 0.1) is 17.0 Å². The van der Waals surface area contributed by atoms with Crippen molar-refractivity contribution in [2.45, 2.75) is 45.8 Å². The van der Waals surface area contributed by atoms with Gasteiger partial charge in [-0.05, 0) is 50.6 Å². The SMILES string of the molecule is C.Cc1ccc(N2CCN(CCCC(=O)N3CC[C@H](Nc4ccc([N+](=O)[O-])c(C(F)(F)F)c4)C3)CC2)cn1. The number of pyridine rings is 1. The average molecular weight is 537 g/mol. The molecule has 12 heteroatoms. The highest BCUT2D eigenvalue weighted by molar-refractivity contribution is 5.76. The van der Waals surface area contributed by atoms with Crippen molar-refractivity contribution in [2.24, 2.45) is 0 Å². The van der Waals surface area contributed by atoms with Gasteiger partial charge in [0.05, 0.1) is 16.8 Å². The molecule has 0 aliphatic carbocycles. The molecule has 2 aliphatic rings. The molecule has 0 unspecified atom stereocenters. The molecule has 1 aromatic heterocycles. The van der Waals surface area contributed by atoms with Gasteiger partial charge in [-0.1, -0.05) is 7.43 Å². The number of likely N-dealkylation sites (tertiary alicyclic amines) is 1. The Kier molecular flexibility index (Phi) is 9.53. The number of nitrogens with zero attached hydrogens (tertiary/aromatic N) is 5. The number of aromatic nitrogens is 1. The van der Waals surface area contributed by atoms with Gasteiger partial charge in [0.2, 0.25) is 5.91 Å². The zero-order valence-electron chi connectivity index (χ0n) is 20.7. The Morgan fingerprint density at radius 1 is 1.16 bits per heavy atom. The molecule has 9 nitrogen and oxygen atoms in total. The van der Waals surface area contributed by atoms with Gasteiger partial charge in [-0.15, -0.1) is 0 Å². The molecular weight excluding hydrogens is 501 g/mol. The van der Waals surface area contributed by atoms with Gasteiger partial charge in [0.1, 0.15) is 5.56 Å². The lowest BCUT2D eigenvalue weighted by Gasteiger charge is -2.36. The van der Waals surface area contributed by atoms with Crippen LogP contribution < -0.4 is 10.2 Å². The zero-order valence-corrected chi connectivity index (χ0v) is 20.7. The molecule has 1 amide bonds. The molecular formula is C26H35F3N6O3. The third-order valence-electron chi connectivity index (χ3n) is 6.91. The van der Waals surface area contributed by atoms with Crippen LogP contribution in [0.5, 0.6) is 0 Å².